The van der Waals surface area contributed by atoms with Crippen LogP contribution in [-0.2, 0) is 11.2 Å². The van der Waals surface area contributed by atoms with Gasteiger partial charge in [0.15, 0.2) is 5.96 Å². The quantitative estimate of drug-likeness (QED) is 0.650. The van der Waals surface area contributed by atoms with Gasteiger partial charge in [0.05, 0.1) is 6.61 Å². The number of aliphatic imine (C=N–C) groups is 1. The molecule has 2 aliphatic heterocycles. The number of benzene rings is 1. The SMILES string of the molecule is CCNC(=NCCc1cc(Cl)cc(Cl)c1)N1CCC2(CCOC2)C1. The van der Waals surface area contributed by atoms with E-state index in [0.29, 0.717) is 15.5 Å². The van der Waals surface area contributed by atoms with Crippen LogP contribution < -0.4 is 5.32 Å². The predicted octanol–water partition coefficient (Wildman–Crippen LogP) is 3.61. The van der Waals surface area contributed by atoms with Crippen LogP contribution in [0.5, 0.6) is 0 Å². The molecule has 0 aromatic heterocycles. The van der Waals surface area contributed by atoms with Crippen molar-refractivity contribution in [3.63, 3.8) is 0 Å². The van der Waals surface area contributed by atoms with Crippen LogP contribution >= 0.6 is 23.2 Å². The minimum Gasteiger partial charge on any atom is -0.381 e. The number of nitrogens with one attached hydrogen (secondary N) is 1. The molecule has 2 fully saturated rings. The fourth-order valence-corrected chi connectivity index (χ4v) is 4.13. The fraction of sp³-hybridized carbons (Fsp3) is 0.611. The maximum Gasteiger partial charge on any atom is 0.193 e. The predicted molar refractivity (Wildman–Crippen MR) is 100 cm³/mol. The van der Waals surface area contributed by atoms with E-state index in [1.807, 2.05) is 12.1 Å². The summed E-state index contributed by atoms with van der Waals surface area (Å²) in [5, 5.41) is 4.78. The van der Waals surface area contributed by atoms with Gasteiger partial charge in [0, 0.05) is 48.2 Å². The molecule has 1 aromatic rings. The number of nitrogens with zero attached hydrogens (tertiary/aromatic N) is 2. The van der Waals surface area contributed by atoms with E-state index in [9.17, 15) is 0 Å². The van der Waals surface area contributed by atoms with Gasteiger partial charge in [0.2, 0.25) is 0 Å². The minimum absolute atomic E-state index is 0.344. The molecule has 0 saturated carbocycles. The summed E-state index contributed by atoms with van der Waals surface area (Å²) in [6.07, 6.45) is 3.20. The van der Waals surface area contributed by atoms with Gasteiger partial charge in [-0.05, 0) is 49.9 Å². The summed E-state index contributed by atoms with van der Waals surface area (Å²) in [4.78, 5) is 7.19. The van der Waals surface area contributed by atoms with Gasteiger partial charge in [-0.3, -0.25) is 4.99 Å². The van der Waals surface area contributed by atoms with E-state index in [2.05, 4.69) is 17.1 Å². The fourth-order valence-electron chi connectivity index (χ4n) is 3.56. The first kappa shape index (κ1) is 17.8. The maximum atomic E-state index is 6.06. The summed E-state index contributed by atoms with van der Waals surface area (Å²) in [5.74, 6) is 1.01. The summed E-state index contributed by atoms with van der Waals surface area (Å²) in [5.41, 5.74) is 1.46. The van der Waals surface area contributed by atoms with Gasteiger partial charge in [-0.2, -0.15) is 0 Å². The molecule has 1 atom stereocenters. The molecule has 0 bridgehead atoms. The monoisotopic (exact) mass is 369 g/mol. The average Bonchev–Trinajstić information content (AvgIpc) is 3.16. The van der Waals surface area contributed by atoms with Crippen molar-refractivity contribution < 1.29 is 4.74 Å². The van der Waals surface area contributed by atoms with E-state index >= 15 is 0 Å². The second-order valence-electron chi connectivity index (χ2n) is 6.74. The lowest BCUT2D eigenvalue weighted by Crippen LogP contribution is -2.41. The number of hydrogen-bond donors (Lipinski definition) is 1. The molecular weight excluding hydrogens is 345 g/mol. The second kappa shape index (κ2) is 7.94. The molecule has 3 rings (SSSR count). The highest BCUT2D eigenvalue weighted by Crippen LogP contribution is 2.38. The van der Waals surface area contributed by atoms with Crippen molar-refractivity contribution in [3.05, 3.63) is 33.8 Å². The molecule has 1 spiro atoms. The van der Waals surface area contributed by atoms with Crippen LogP contribution in [0.25, 0.3) is 0 Å². The number of ether oxygens (including phenoxy) is 1. The lowest BCUT2D eigenvalue weighted by Gasteiger charge is -2.25. The van der Waals surface area contributed by atoms with Gasteiger partial charge in [0.1, 0.15) is 0 Å². The summed E-state index contributed by atoms with van der Waals surface area (Å²) >= 11 is 12.1. The topological polar surface area (TPSA) is 36.9 Å². The number of hydrogen-bond acceptors (Lipinski definition) is 2. The third kappa shape index (κ3) is 4.35. The Kier molecular flexibility index (Phi) is 5.90. The van der Waals surface area contributed by atoms with Crippen LogP contribution in [0.2, 0.25) is 10.0 Å². The first-order valence-electron chi connectivity index (χ1n) is 8.66. The molecule has 4 nitrogen and oxygen atoms in total. The zero-order valence-corrected chi connectivity index (χ0v) is 15.7. The van der Waals surface area contributed by atoms with E-state index in [1.54, 1.807) is 6.07 Å². The van der Waals surface area contributed by atoms with Crippen LogP contribution in [0, 0.1) is 5.41 Å². The van der Waals surface area contributed by atoms with Crippen LogP contribution in [0.4, 0.5) is 0 Å². The molecule has 2 saturated heterocycles. The van der Waals surface area contributed by atoms with Crippen LogP contribution in [0.15, 0.2) is 23.2 Å². The molecule has 0 radical (unpaired) electrons. The van der Waals surface area contributed by atoms with Gasteiger partial charge in [-0.1, -0.05) is 23.2 Å². The normalized spacial score (nSPS) is 24.1. The first-order valence-corrected chi connectivity index (χ1v) is 9.42. The van der Waals surface area contributed by atoms with Crippen molar-refractivity contribution in [1.82, 2.24) is 10.2 Å². The number of rotatable bonds is 4. The Morgan fingerprint density at radius 3 is 2.75 bits per heavy atom. The smallest absolute Gasteiger partial charge is 0.193 e. The molecule has 132 valence electrons. The van der Waals surface area contributed by atoms with Gasteiger partial charge >= 0.3 is 0 Å². The summed E-state index contributed by atoms with van der Waals surface area (Å²) in [6, 6.07) is 5.67. The van der Waals surface area contributed by atoms with Gasteiger partial charge < -0.3 is 15.0 Å². The molecule has 2 aliphatic rings. The number of likely N-dealkylation sites (tertiary alicyclic amines) is 1. The highest BCUT2D eigenvalue weighted by molar-refractivity contribution is 6.34. The Morgan fingerprint density at radius 1 is 1.29 bits per heavy atom. The largest absolute Gasteiger partial charge is 0.381 e. The molecule has 6 heteroatoms. The maximum absolute atomic E-state index is 6.06. The number of guanidine groups is 1. The standard InChI is InChI=1S/C18H25Cl2N3O/c1-2-21-17(23-7-4-18(12-23)5-8-24-13-18)22-6-3-14-9-15(19)11-16(20)10-14/h9-11H,2-8,12-13H2,1H3,(H,21,22). The summed E-state index contributed by atoms with van der Waals surface area (Å²) < 4.78 is 5.62. The highest BCUT2D eigenvalue weighted by Gasteiger charge is 2.42. The Labute approximate surface area is 154 Å². The van der Waals surface area contributed by atoms with Gasteiger partial charge in [-0.25, -0.2) is 0 Å². The number of halogens is 2. The van der Waals surface area contributed by atoms with Crippen molar-refractivity contribution in [2.75, 3.05) is 39.4 Å². The Morgan fingerprint density at radius 2 is 2.08 bits per heavy atom. The van der Waals surface area contributed by atoms with Gasteiger partial charge in [-0.15, -0.1) is 0 Å². The summed E-state index contributed by atoms with van der Waals surface area (Å²) in [6.45, 7) is 7.60. The van der Waals surface area contributed by atoms with Crippen LogP contribution in [-0.4, -0.2) is 50.3 Å². The Hall–Kier alpha value is -0.970. The van der Waals surface area contributed by atoms with E-state index in [4.69, 9.17) is 32.9 Å². The lowest BCUT2D eigenvalue weighted by molar-refractivity contribution is 0.156. The third-order valence-electron chi connectivity index (χ3n) is 4.84. The Balaban J connectivity index is 1.61. The lowest BCUT2D eigenvalue weighted by atomic mass is 9.87. The molecule has 0 amide bonds. The minimum atomic E-state index is 0.344. The molecule has 24 heavy (non-hydrogen) atoms. The van der Waals surface area contributed by atoms with Gasteiger partial charge in [0.25, 0.3) is 0 Å². The zero-order valence-electron chi connectivity index (χ0n) is 14.2. The zero-order chi connectivity index (χ0) is 17.0. The molecule has 1 unspecified atom stereocenters. The van der Waals surface area contributed by atoms with E-state index in [0.717, 1.165) is 57.3 Å². The van der Waals surface area contributed by atoms with Crippen molar-refractivity contribution >= 4 is 29.2 Å². The Bertz CT molecular complexity index is 580. The van der Waals surface area contributed by atoms with Crippen LogP contribution in [0.3, 0.4) is 0 Å². The average molecular weight is 370 g/mol. The molecule has 0 aliphatic carbocycles. The highest BCUT2D eigenvalue weighted by atomic mass is 35.5. The molecule has 1 aromatic carbocycles. The van der Waals surface area contributed by atoms with E-state index in [-0.39, 0.29) is 0 Å². The van der Waals surface area contributed by atoms with E-state index in [1.165, 1.54) is 12.8 Å². The molecule has 1 N–H and O–H groups in total. The van der Waals surface area contributed by atoms with E-state index < -0.39 is 0 Å². The third-order valence-corrected chi connectivity index (χ3v) is 5.28. The van der Waals surface area contributed by atoms with Crippen molar-refractivity contribution in [1.29, 1.82) is 0 Å². The first-order chi connectivity index (χ1) is 11.6. The van der Waals surface area contributed by atoms with Crippen LogP contribution in [0.1, 0.15) is 25.3 Å². The van der Waals surface area contributed by atoms with Crippen molar-refractivity contribution in [2.45, 2.75) is 26.2 Å². The molecular formula is C18H25Cl2N3O. The summed E-state index contributed by atoms with van der Waals surface area (Å²) in [7, 11) is 0. The van der Waals surface area contributed by atoms with Crippen molar-refractivity contribution in [2.24, 2.45) is 10.4 Å². The second-order valence-corrected chi connectivity index (χ2v) is 7.61. The molecule has 2 heterocycles. The van der Waals surface area contributed by atoms with Crippen molar-refractivity contribution in [3.8, 4) is 0 Å².